The van der Waals surface area contributed by atoms with Crippen LogP contribution in [-0.4, -0.2) is 33.5 Å². The number of rotatable bonds is 3. The summed E-state index contributed by atoms with van der Waals surface area (Å²) in [5.74, 6) is 0.933. The molecule has 0 fully saturated rings. The Labute approximate surface area is 149 Å². The number of carboxylic acid groups (broad SMARTS) is 1. The Bertz CT molecular complexity index is 1050. The van der Waals surface area contributed by atoms with Gasteiger partial charge < -0.3 is 14.8 Å². The van der Waals surface area contributed by atoms with Crippen LogP contribution in [0.2, 0.25) is 0 Å². The van der Waals surface area contributed by atoms with Crippen molar-refractivity contribution >= 4 is 22.9 Å². The molecule has 2 heterocycles. The SMILES string of the molecule is Cc1cc(C(=O)O)c2nc(-c3ccc(OC4=NCCC=C4)cc3)[nH]c2c1. The van der Waals surface area contributed by atoms with Gasteiger partial charge in [0, 0.05) is 12.1 Å². The number of hydrogen-bond acceptors (Lipinski definition) is 4. The normalized spacial score (nSPS) is 13.7. The molecule has 3 aromatic rings. The van der Waals surface area contributed by atoms with Gasteiger partial charge in [0.2, 0.25) is 5.90 Å². The van der Waals surface area contributed by atoms with Crippen molar-refractivity contribution in [3.05, 3.63) is 59.7 Å². The zero-order valence-corrected chi connectivity index (χ0v) is 14.2. The third-order valence-electron chi connectivity index (χ3n) is 4.14. The van der Waals surface area contributed by atoms with E-state index in [0.717, 1.165) is 24.1 Å². The molecule has 0 bridgehead atoms. The predicted octanol–water partition coefficient (Wildman–Crippen LogP) is 3.97. The van der Waals surface area contributed by atoms with Gasteiger partial charge in [0.05, 0.1) is 11.1 Å². The van der Waals surface area contributed by atoms with Gasteiger partial charge in [-0.1, -0.05) is 6.08 Å². The molecule has 1 aliphatic heterocycles. The van der Waals surface area contributed by atoms with Gasteiger partial charge in [0.25, 0.3) is 0 Å². The number of aromatic carboxylic acids is 1. The minimum absolute atomic E-state index is 0.199. The highest BCUT2D eigenvalue weighted by Gasteiger charge is 2.14. The molecule has 6 nitrogen and oxygen atoms in total. The highest BCUT2D eigenvalue weighted by atomic mass is 16.5. The number of aliphatic imine (C=N–C) groups is 1. The van der Waals surface area contributed by atoms with Gasteiger partial charge in [-0.3, -0.25) is 4.99 Å². The first kappa shape index (κ1) is 16.1. The fourth-order valence-electron chi connectivity index (χ4n) is 2.92. The molecule has 1 aromatic heterocycles. The number of nitrogens with one attached hydrogen (secondary N) is 1. The van der Waals surface area contributed by atoms with E-state index in [1.54, 1.807) is 6.07 Å². The van der Waals surface area contributed by atoms with E-state index in [9.17, 15) is 9.90 Å². The summed E-state index contributed by atoms with van der Waals surface area (Å²) in [5.41, 5.74) is 3.09. The molecule has 0 saturated heterocycles. The number of nitrogens with zero attached hydrogens (tertiary/aromatic N) is 2. The van der Waals surface area contributed by atoms with Gasteiger partial charge in [-0.05, 0) is 61.4 Å². The van der Waals surface area contributed by atoms with Gasteiger partial charge in [-0.2, -0.15) is 0 Å². The number of carboxylic acids is 1. The van der Waals surface area contributed by atoms with Crippen LogP contribution in [0.5, 0.6) is 5.75 Å². The number of carbonyl (C=O) groups is 1. The molecule has 0 aliphatic carbocycles. The number of H-pyrrole nitrogens is 1. The smallest absolute Gasteiger partial charge is 0.337 e. The van der Waals surface area contributed by atoms with E-state index in [2.05, 4.69) is 15.0 Å². The van der Waals surface area contributed by atoms with E-state index >= 15 is 0 Å². The second-order valence-corrected chi connectivity index (χ2v) is 6.14. The lowest BCUT2D eigenvalue weighted by atomic mass is 10.1. The van der Waals surface area contributed by atoms with Gasteiger partial charge >= 0.3 is 5.97 Å². The molecule has 4 rings (SSSR count). The third kappa shape index (κ3) is 3.09. The molecular formula is C20H17N3O3. The van der Waals surface area contributed by atoms with Crippen LogP contribution >= 0.6 is 0 Å². The van der Waals surface area contributed by atoms with Crippen molar-refractivity contribution in [1.29, 1.82) is 0 Å². The molecule has 2 aromatic carbocycles. The minimum atomic E-state index is -0.984. The van der Waals surface area contributed by atoms with Crippen molar-refractivity contribution in [3.8, 4) is 17.1 Å². The van der Waals surface area contributed by atoms with Gasteiger partial charge in [0.15, 0.2) is 0 Å². The Balaban J connectivity index is 1.65. The number of fused-ring (bicyclic) bond motifs is 1. The van der Waals surface area contributed by atoms with Gasteiger partial charge in [0.1, 0.15) is 17.1 Å². The maximum absolute atomic E-state index is 11.5. The summed E-state index contributed by atoms with van der Waals surface area (Å²) in [5, 5.41) is 9.39. The summed E-state index contributed by atoms with van der Waals surface area (Å²) >= 11 is 0. The van der Waals surface area contributed by atoms with E-state index in [4.69, 9.17) is 4.74 Å². The molecule has 0 radical (unpaired) electrons. The van der Waals surface area contributed by atoms with Crippen LogP contribution in [-0.2, 0) is 0 Å². The molecule has 1 aliphatic rings. The van der Waals surface area contributed by atoms with E-state index in [1.165, 1.54) is 0 Å². The summed E-state index contributed by atoms with van der Waals surface area (Å²) in [7, 11) is 0. The van der Waals surface area contributed by atoms with E-state index in [1.807, 2.05) is 49.4 Å². The Morgan fingerprint density at radius 3 is 2.73 bits per heavy atom. The van der Waals surface area contributed by atoms with E-state index < -0.39 is 5.97 Å². The monoisotopic (exact) mass is 347 g/mol. The highest BCUT2D eigenvalue weighted by Crippen LogP contribution is 2.26. The van der Waals surface area contributed by atoms with Crippen molar-refractivity contribution in [1.82, 2.24) is 9.97 Å². The molecule has 26 heavy (non-hydrogen) atoms. The summed E-state index contributed by atoms with van der Waals surface area (Å²) in [4.78, 5) is 23.4. The van der Waals surface area contributed by atoms with Crippen molar-refractivity contribution in [2.24, 2.45) is 4.99 Å². The van der Waals surface area contributed by atoms with Crippen LogP contribution in [0.15, 0.2) is 53.5 Å². The number of hydrogen-bond donors (Lipinski definition) is 2. The Morgan fingerprint density at radius 1 is 1.23 bits per heavy atom. The maximum atomic E-state index is 11.5. The molecule has 0 amide bonds. The van der Waals surface area contributed by atoms with Crippen molar-refractivity contribution in [3.63, 3.8) is 0 Å². The molecule has 2 N–H and O–H groups in total. The number of dihydropyridines is 1. The first-order chi connectivity index (χ1) is 12.6. The van der Waals surface area contributed by atoms with E-state index in [0.29, 0.717) is 28.5 Å². The molecule has 0 saturated carbocycles. The average molecular weight is 347 g/mol. The molecule has 130 valence electrons. The van der Waals surface area contributed by atoms with Crippen LogP contribution in [0.1, 0.15) is 22.3 Å². The summed E-state index contributed by atoms with van der Waals surface area (Å²) in [6.07, 6.45) is 4.84. The number of aromatic nitrogens is 2. The zero-order chi connectivity index (χ0) is 18.1. The topological polar surface area (TPSA) is 87.6 Å². The summed E-state index contributed by atoms with van der Waals surface area (Å²) < 4.78 is 5.73. The third-order valence-corrected chi connectivity index (χ3v) is 4.14. The minimum Gasteiger partial charge on any atom is -0.478 e. The summed E-state index contributed by atoms with van der Waals surface area (Å²) in [6.45, 7) is 2.61. The van der Waals surface area contributed by atoms with Crippen molar-refractivity contribution in [2.75, 3.05) is 6.54 Å². The second-order valence-electron chi connectivity index (χ2n) is 6.14. The number of benzene rings is 2. The van der Waals surface area contributed by atoms with Gasteiger partial charge in [-0.15, -0.1) is 0 Å². The molecule has 0 atom stereocenters. The van der Waals surface area contributed by atoms with Crippen LogP contribution in [0.3, 0.4) is 0 Å². The first-order valence-electron chi connectivity index (χ1n) is 8.33. The van der Waals surface area contributed by atoms with Crippen LogP contribution < -0.4 is 4.74 Å². The number of aromatic amines is 1. The second kappa shape index (κ2) is 6.48. The Kier molecular flexibility index (Phi) is 4.01. The fourth-order valence-corrected chi connectivity index (χ4v) is 2.92. The Hall–Kier alpha value is -3.41. The van der Waals surface area contributed by atoms with Crippen LogP contribution in [0.25, 0.3) is 22.4 Å². The van der Waals surface area contributed by atoms with Crippen LogP contribution in [0.4, 0.5) is 0 Å². The van der Waals surface area contributed by atoms with Crippen molar-refractivity contribution < 1.29 is 14.6 Å². The lowest BCUT2D eigenvalue weighted by molar-refractivity contribution is 0.0698. The molecular weight excluding hydrogens is 330 g/mol. The zero-order valence-electron chi connectivity index (χ0n) is 14.2. The van der Waals surface area contributed by atoms with Crippen LogP contribution in [0, 0.1) is 6.92 Å². The standard InChI is InChI=1S/C20H17N3O3/c1-12-10-15(20(24)25)18-16(11-12)22-19(23-18)13-5-7-14(8-6-13)26-17-4-2-3-9-21-17/h2,4-8,10-11H,3,9H2,1H3,(H,22,23)(H,24,25). The maximum Gasteiger partial charge on any atom is 0.337 e. The highest BCUT2D eigenvalue weighted by molar-refractivity contribution is 6.02. The number of imidazole rings is 1. The van der Waals surface area contributed by atoms with Crippen molar-refractivity contribution in [2.45, 2.75) is 13.3 Å². The molecule has 6 heteroatoms. The van der Waals surface area contributed by atoms with E-state index in [-0.39, 0.29) is 5.56 Å². The largest absolute Gasteiger partial charge is 0.478 e. The average Bonchev–Trinajstić information content (AvgIpc) is 3.06. The lowest BCUT2D eigenvalue weighted by Crippen LogP contribution is -2.08. The predicted molar refractivity (Wildman–Crippen MR) is 99.9 cm³/mol. The fraction of sp³-hybridized carbons (Fsp3) is 0.150. The first-order valence-corrected chi connectivity index (χ1v) is 8.33. The lowest BCUT2D eigenvalue weighted by Gasteiger charge is -2.08. The number of aryl methyl sites for hydroxylation is 1. The quantitative estimate of drug-likeness (QED) is 0.750. The number of ether oxygens (including phenoxy) is 1. The van der Waals surface area contributed by atoms with Gasteiger partial charge in [-0.25, -0.2) is 9.78 Å². The Morgan fingerprint density at radius 2 is 2.04 bits per heavy atom. The molecule has 0 unspecified atom stereocenters. The molecule has 0 spiro atoms. The summed E-state index contributed by atoms with van der Waals surface area (Å²) in [6, 6.07) is 11.0.